The summed E-state index contributed by atoms with van der Waals surface area (Å²) in [6.45, 7) is 4.78. The molecular weight excluding hydrogens is 632 g/mol. The molecule has 14 heteroatoms. The molecule has 2 aromatic rings. The minimum atomic E-state index is -0.488. The number of piperazine rings is 1. The van der Waals surface area contributed by atoms with Gasteiger partial charge in [0.25, 0.3) is 5.91 Å². The highest BCUT2D eigenvalue weighted by Crippen LogP contribution is 2.50. The van der Waals surface area contributed by atoms with E-state index in [1.807, 2.05) is 19.3 Å². The summed E-state index contributed by atoms with van der Waals surface area (Å²) in [7, 11) is 4.85. The highest BCUT2D eigenvalue weighted by atomic mass is 79.9. The summed E-state index contributed by atoms with van der Waals surface area (Å²) in [5.41, 5.74) is 4.28. The van der Waals surface area contributed by atoms with Crippen LogP contribution in [0, 0.1) is 0 Å². The lowest BCUT2D eigenvalue weighted by molar-refractivity contribution is -0.512. The van der Waals surface area contributed by atoms with Gasteiger partial charge in [0.2, 0.25) is 5.88 Å². The number of hydrogen-bond donors (Lipinski definition) is 1. The van der Waals surface area contributed by atoms with Gasteiger partial charge < -0.3 is 41.3 Å². The summed E-state index contributed by atoms with van der Waals surface area (Å²) >= 11 is 3.60. The number of fused-ring (bicyclic) bond motifs is 3. The molecule has 224 valence electrons. The Balaban J connectivity index is 0.00000405. The van der Waals surface area contributed by atoms with E-state index in [1.165, 1.54) is 20.3 Å². The number of likely N-dealkylation sites (N-methyl/N-ethyl adjacent to an activating group) is 1. The van der Waals surface area contributed by atoms with Crippen LogP contribution >= 0.6 is 15.9 Å². The van der Waals surface area contributed by atoms with E-state index in [-0.39, 0.29) is 24.2 Å². The molecule has 5 rings (SSSR count). The fourth-order valence-corrected chi connectivity index (χ4v) is 5.86. The van der Waals surface area contributed by atoms with Crippen LogP contribution in [0.2, 0.25) is 0 Å². The largest absolute Gasteiger partial charge is 1.00 e. The first-order valence-electron chi connectivity index (χ1n) is 13.2. The number of esters is 1. The molecule has 0 radical (unpaired) electrons. The van der Waals surface area contributed by atoms with Crippen LogP contribution < -0.4 is 32.1 Å². The van der Waals surface area contributed by atoms with Gasteiger partial charge in [0.05, 0.1) is 31.2 Å². The van der Waals surface area contributed by atoms with Crippen LogP contribution in [0.5, 0.6) is 11.6 Å². The molecule has 0 unspecified atom stereocenters. The molecule has 1 aromatic heterocycles. The SMILES string of the molecule is COC(=O)C1=C(C)[NH2+]c2c(OC(=O)N3CCN(C)CC3)cc3c(c21)[C@H](CBr)CN3C(=O)/C=C/c1ccc(OC)nn1.[Cl-]. The first-order chi connectivity index (χ1) is 19.7. The zero-order valence-electron chi connectivity index (χ0n) is 23.7. The van der Waals surface area contributed by atoms with Crippen molar-refractivity contribution in [3.8, 4) is 11.6 Å². The number of ether oxygens (including phenoxy) is 3. The van der Waals surface area contributed by atoms with Crippen LogP contribution in [-0.2, 0) is 14.3 Å². The molecular formula is C28H32BrClN6O6. The highest BCUT2D eigenvalue weighted by molar-refractivity contribution is 9.09. The van der Waals surface area contributed by atoms with E-state index in [4.69, 9.17) is 14.2 Å². The van der Waals surface area contributed by atoms with Gasteiger partial charge in [-0.05, 0) is 24.8 Å². The smallest absolute Gasteiger partial charge is 0.415 e. The molecule has 2 amide bonds. The van der Waals surface area contributed by atoms with Crippen LogP contribution in [0.4, 0.5) is 16.2 Å². The summed E-state index contributed by atoms with van der Waals surface area (Å²) in [5.74, 6) is -0.224. The van der Waals surface area contributed by atoms with Crippen LogP contribution in [0.25, 0.3) is 11.6 Å². The van der Waals surface area contributed by atoms with Crippen LogP contribution in [0.15, 0.2) is 30.0 Å². The predicted molar refractivity (Wildman–Crippen MR) is 154 cm³/mol. The number of methoxy groups -OCH3 is 2. The van der Waals surface area contributed by atoms with E-state index in [9.17, 15) is 14.4 Å². The van der Waals surface area contributed by atoms with Crippen molar-refractivity contribution >= 4 is 56.9 Å². The molecule has 1 atom stereocenters. The molecule has 1 aromatic carbocycles. The number of carbonyl (C=O) groups is 3. The Kier molecular flexibility index (Phi) is 9.87. The molecule has 1 saturated heterocycles. The van der Waals surface area contributed by atoms with Crippen molar-refractivity contribution in [1.29, 1.82) is 0 Å². The number of amides is 2. The summed E-state index contributed by atoms with van der Waals surface area (Å²) in [5, 5.41) is 10.4. The minimum Gasteiger partial charge on any atom is -1.00 e. The molecule has 2 N–H and O–H groups in total. The predicted octanol–water partition coefficient (Wildman–Crippen LogP) is -1.11. The molecule has 0 aliphatic carbocycles. The number of allylic oxidation sites excluding steroid dienone is 1. The van der Waals surface area contributed by atoms with Crippen LogP contribution in [0.1, 0.15) is 29.7 Å². The zero-order chi connectivity index (χ0) is 29.3. The van der Waals surface area contributed by atoms with Crippen molar-refractivity contribution in [2.24, 2.45) is 0 Å². The van der Waals surface area contributed by atoms with Gasteiger partial charge in [-0.25, -0.2) is 9.59 Å². The molecule has 42 heavy (non-hydrogen) atoms. The van der Waals surface area contributed by atoms with Gasteiger partial charge >= 0.3 is 12.1 Å². The van der Waals surface area contributed by atoms with Gasteiger partial charge in [0.1, 0.15) is 11.3 Å². The molecule has 1 fully saturated rings. The summed E-state index contributed by atoms with van der Waals surface area (Å²) in [6, 6.07) is 5.09. The Morgan fingerprint density at radius 2 is 1.88 bits per heavy atom. The quantitative estimate of drug-likeness (QED) is 0.177. The van der Waals surface area contributed by atoms with E-state index in [1.54, 1.807) is 34.1 Å². The number of carbonyl (C=O) groups excluding carboxylic acids is 3. The van der Waals surface area contributed by atoms with Crippen molar-refractivity contribution in [3.05, 3.63) is 46.8 Å². The maximum Gasteiger partial charge on any atom is 0.415 e. The fraction of sp³-hybridized carbons (Fsp3) is 0.393. The number of alkyl halides is 1. The second-order valence-electron chi connectivity index (χ2n) is 10.1. The third-order valence-corrected chi connectivity index (χ3v) is 8.30. The molecule has 0 bridgehead atoms. The minimum absolute atomic E-state index is 0. The van der Waals surface area contributed by atoms with Crippen LogP contribution in [0.3, 0.4) is 0 Å². The van der Waals surface area contributed by atoms with Crippen molar-refractivity contribution in [2.45, 2.75) is 12.8 Å². The third kappa shape index (κ3) is 6.00. The number of anilines is 1. The lowest BCUT2D eigenvalue weighted by Crippen LogP contribution is -3.00. The second kappa shape index (κ2) is 13.2. The fourth-order valence-electron chi connectivity index (χ4n) is 5.33. The van der Waals surface area contributed by atoms with E-state index >= 15 is 0 Å². The summed E-state index contributed by atoms with van der Waals surface area (Å²) in [6.07, 6.45) is 2.53. The Labute approximate surface area is 258 Å². The highest BCUT2D eigenvalue weighted by Gasteiger charge is 2.44. The van der Waals surface area contributed by atoms with E-state index in [0.29, 0.717) is 70.5 Å². The van der Waals surface area contributed by atoms with Gasteiger partial charge in [-0.15, -0.1) is 10.2 Å². The zero-order valence-corrected chi connectivity index (χ0v) is 26.1. The standard InChI is InChI=1S/C28H31BrN6O6.ClH/c1-16-23(27(37)40-4)25-24-17(14-29)15-35(22(36)8-6-18-5-7-21(39-3)32-31-18)19(24)13-20(26(25)30-16)41-28(38)34-11-9-33(2)10-12-34;/h5-8,13,17,30H,9-12,14-15H2,1-4H3;1H/b8-6+;/t17-;/m1./s1. The monoisotopic (exact) mass is 662 g/mol. The lowest BCUT2D eigenvalue weighted by Gasteiger charge is -2.31. The van der Waals surface area contributed by atoms with Crippen molar-refractivity contribution in [2.75, 3.05) is 64.2 Å². The lowest BCUT2D eigenvalue weighted by atomic mass is 9.91. The van der Waals surface area contributed by atoms with E-state index < -0.39 is 12.1 Å². The van der Waals surface area contributed by atoms with Crippen molar-refractivity contribution in [3.63, 3.8) is 0 Å². The third-order valence-electron chi connectivity index (χ3n) is 7.52. The maximum atomic E-state index is 13.5. The maximum absolute atomic E-state index is 13.5. The second-order valence-corrected chi connectivity index (χ2v) is 10.7. The number of quaternary nitrogens is 1. The van der Waals surface area contributed by atoms with E-state index in [2.05, 4.69) is 31.0 Å². The summed E-state index contributed by atoms with van der Waals surface area (Å²) < 4.78 is 16.1. The van der Waals surface area contributed by atoms with Crippen LogP contribution in [-0.4, -0.2) is 97.3 Å². The molecule has 12 nitrogen and oxygen atoms in total. The number of nitrogens with zero attached hydrogens (tertiary/aromatic N) is 5. The Morgan fingerprint density at radius 1 is 1.14 bits per heavy atom. The van der Waals surface area contributed by atoms with Gasteiger partial charge in [-0.1, -0.05) is 15.9 Å². The Bertz CT molecular complexity index is 1440. The molecule has 4 heterocycles. The first kappa shape index (κ1) is 31.4. The molecule has 0 saturated carbocycles. The topological polar surface area (TPSA) is 131 Å². The molecule has 3 aliphatic rings. The summed E-state index contributed by atoms with van der Waals surface area (Å²) in [4.78, 5) is 45.2. The average molecular weight is 664 g/mol. The molecule has 0 spiro atoms. The Morgan fingerprint density at radius 3 is 2.50 bits per heavy atom. The van der Waals surface area contributed by atoms with Gasteiger partial charge in [-0.2, -0.15) is 0 Å². The van der Waals surface area contributed by atoms with E-state index in [0.717, 1.165) is 18.7 Å². The number of nitrogens with two attached hydrogens (primary N) is 1. The van der Waals surface area contributed by atoms with Gasteiger partial charge in [-0.3, -0.25) is 10.1 Å². The first-order valence-corrected chi connectivity index (χ1v) is 14.3. The number of rotatable bonds is 6. The Hall–Kier alpha value is -3.52. The van der Waals surface area contributed by atoms with Gasteiger partial charge in [0.15, 0.2) is 11.4 Å². The normalized spacial score (nSPS) is 18.1. The van der Waals surface area contributed by atoms with Crippen molar-refractivity contribution in [1.82, 2.24) is 20.0 Å². The van der Waals surface area contributed by atoms with Gasteiger partial charge in [0, 0.05) is 69.1 Å². The average Bonchev–Trinajstić information content (AvgIpc) is 3.53. The number of benzene rings is 1. The molecule has 3 aliphatic heterocycles. The number of hydrogen-bond acceptors (Lipinski definition) is 9. The number of aromatic nitrogens is 2. The number of halogens is 2. The van der Waals surface area contributed by atoms with Crippen molar-refractivity contribution < 1.29 is 46.3 Å².